The van der Waals surface area contributed by atoms with Crippen molar-refractivity contribution in [1.82, 2.24) is 20.3 Å². The minimum Gasteiger partial charge on any atom is -0.506 e. The average molecular weight is 275 g/mol. The number of hydrogen-bond acceptors (Lipinski definition) is 6. The highest BCUT2D eigenvalue weighted by molar-refractivity contribution is 8.13. The van der Waals surface area contributed by atoms with Crippen LogP contribution in [0.15, 0.2) is 35.5 Å². The summed E-state index contributed by atoms with van der Waals surface area (Å²) in [4.78, 5) is 4.62. The van der Waals surface area contributed by atoms with E-state index in [1.165, 1.54) is 11.8 Å². The number of fused-ring (bicyclic) bond motifs is 1. The van der Waals surface area contributed by atoms with Crippen molar-refractivity contribution in [3.63, 3.8) is 0 Å². The Kier molecular flexibility index (Phi) is 2.70. The van der Waals surface area contributed by atoms with Crippen LogP contribution in [0, 0.1) is 0 Å². The number of aromatic hydroxyl groups is 1. The minimum atomic E-state index is -0.647. The molecule has 1 aliphatic heterocycles. The van der Waals surface area contributed by atoms with E-state index < -0.39 is 5.66 Å². The van der Waals surface area contributed by atoms with Crippen molar-refractivity contribution < 1.29 is 5.11 Å². The Morgan fingerprint density at radius 1 is 1.42 bits per heavy atom. The monoisotopic (exact) mass is 275 g/mol. The number of thioether (sulfide) groups is 1. The number of phenolic OH excluding ortho intramolecular Hbond substituents is 1. The van der Waals surface area contributed by atoms with Crippen molar-refractivity contribution in [2.45, 2.75) is 12.6 Å². The van der Waals surface area contributed by atoms with Gasteiger partial charge in [-0.05, 0) is 31.4 Å². The molecule has 1 atom stereocenters. The van der Waals surface area contributed by atoms with E-state index >= 15 is 0 Å². The van der Waals surface area contributed by atoms with E-state index in [4.69, 9.17) is 0 Å². The molecular formula is C12H13N5OS. The number of amidine groups is 1. The van der Waals surface area contributed by atoms with Crippen LogP contribution in [0.5, 0.6) is 5.75 Å². The molecule has 19 heavy (non-hydrogen) atoms. The lowest BCUT2D eigenvalue weighted by atomic mass is 10.2. The Morgan fingerprint density at radius 2 is 2.26 bits per heavy atom. The van der Waals surface area contributed by atoms with E-state index in [9.17, 15) is 5.11 Å². The smallest absolute Gasteiger partial charge is 0.174 e. The van der Waals surface area contributed by atoms with Gasteiger partial charge in [0.05, 0.1) is 5.52 Å². The van der Waals surface area contributed by atoms with Gasteiger partial charge < -0.3 is 10.4 Å². The molecule has 6 nitrogen and oxygen atoms in total. The highest BCUT2D eigenvalue weighted by atomic mass is 32.2. The second-order valence-corrected chi connectivity index (χ2v) is 5.13. The SMILES string of the molecule is CSC1=NC(C)(n2nnc3c(O)cccc32)C=CN1. The molecular weight excluding hydrogens is 262 g/mol. The van der Waals surface area contributed by atoms with Crippen LogP contribution in [0.2, 0.25) is 0 Å². The van der Waals surface area contributed by atoms with Crippen molar-refractivity contribution in [1.29, 1.82) is 0 Å². The van der Waals surface area contributed by atoms with Crippen LogP contribution in [0.25, 0.3) is 11.0 Å². The van der Waals surface area contributed by atoms with Gasteiger partial charge in [-0.1, -0.05) is 23.0 Å². The van der Waals surface area contributed by atoms with E-state index in [2.05, 4.69) is 20.6 Å². The third-order valence-electron chi connectivity index (χ3n) is 3.01. The van der Waals surface area contributed by atoms with Crippen LogP contribution in [0.3, 0.4) is 0 Å². The number of nitrogens with one attached hydrogen (secondary N) is 1. The molecule has 98 valence electrons. The zero-order valence-electron chi connectivity index (χ0n) is 10.5. The maximum Gasteiger partial charge on any atom is 0.174 e. The minimum absolute atomic E-state index is 0.124. The molecule has 1 unspecified atom stereocenters. The Morgan fingerprint density at radius 3 is 3.05 bits per heavy atom. The second kappa shape index (κ2) is 4.27. The first kappa shape index (κ1) is 12.0. The molecule has 2 heterocycles. The number of benzene rings is 1. The van der Waals surface area contributed by atoms with Gasteiger partial charge in [-0.15, -0.1) is 5.10 Å². The van der Waals surface area contributed by atoms with Crippen molar-refractivity contribution >= 4 is 28.0 Å². The Labute approximate surface area is 114 Å². The molecule has 7 heteroatoms. The van der Waals surface area contributed by atoms with E-state index in [1.54, 1.807) is 16.8 Å². The third kappa shape index (κ3) is 1.86. The summed E-state index contributed by atoms with van der Waals surface area (Å²) in [6, 6.07) is 5.23. The standard InChI is InChI=1S/C12H13N5OS/c1-12(6-7-13-11(14-12)19-2)17-8-4-3-5-9(18)10(8)15-16-17/h3-7,18H,1-2H3,(H,13,14). The van der Waals surface area contributed by atoms with E-state index in [-0.39, 0.29) is 5.75 Å². The molecule has 0 saturated carbocycles. The van der Waals surface area contributed by atoms with E-state index in [0.717, 1.165) is 10.7 Å². The van der Waals surface area contributed by atoms with Gasteiger partial charge in [0.1, 0.15) is 5.75 Å². The molecule has 1 aromatic heterocycles. The normalized spacial score (nSPS) is 22.3. The number of rotatable bonds is 1. The summed E-state index contributed by atoms with van der Waals surface area (Å²) in [5.74, 6) is 0.124. The fourth-order valence-corrected chi connectivity index (χ4v) is 2.50. The van der Waals surface area contributed by atoms with Crippen LogP contribution in [-0.2, 0) is 5.66 Å². The summed E-state index contributed by atoms with van der Waals surface area (Å²) in [6.07, 6.45) is 5.71. The maximum atomic E-state index is 9.78. The van der Waals surface area contributed by atoms with Crippen molar-refractivity contribution in [3.8, 4) is 5.75 Å². The van der Waals surface area contributed by atoms with Crippen LogP contribution >= 0.6 is 11.8 Å². The van der Waals surface area contributed by atoms with Gasteiger partial charge in [0, 0.05) is 6.20 Å². The summed E-state index contributed by atoms with van der Waals surface area (Å²) in [7, 11) is 0. The van der Waals surface area contributed by atoms with Crippen molar-refractivity contribution in [2.24, 2.45) is 4.99 Å². The third-order valence-corrected chi connectivity index (χ3v) is 3.61. The average Bonchev–Trinajstić information content (AvgIpc) is 2.85. The summed E-state index contributed by atoms with van der Waals surface area (Å²) >= 11 is 1.53. The van der Waals surface area contributed by atoms with Gasteiger partial charge in [-0.3, -0.25) is 0 Å². The first-order valence-corrected chi connectivity index (χ1v) is 6.98. The number of hydrogen-bond donors (Lipinski definition) is 2. The molecule has 1 aliphatic rings. The molecule has 0 aliphatic carbocycles. The maximum absolute atomic E-state index is 9.78. The molecule has 0 radical (unpaired) electrons. The summed E-state index contributed by atoms with van der Waals surface area (Å²) in [6.45, 7) is 1.94. The summed E-state index contributed by atoms with van der Waals surface area (Å²) in [5, 5.41) is 21.8. The summed E-state index contributed by atoms with van der Waals surface area (Å²) in [5.41, 5.74) is 0.585. The Hall–Kier alpha value is -2.02. The lowest BCUT2D eigenvalue weighted by molar-refractivity contribution is 0.384. The zero-order valence-corrected chi connectivity index (χ0v) is 11.3. The van der Waals surface area contributed by atoms with Crippen LogP contribution in [-0.4, -0.2) is 31.5 Å². The van der Waals surface area contributed by atoms with Gasteiger partial charge in [0.15, 0.2) is 16.3 Å². The molecule has 0 amide bonds. The Bertz CT molecular complexity index is 692. The van der Waals surface area contributed by atoms with Gasteiger partial charge in [0.25, 0.3) is 0 Å². The van der Waals surface area contributed by atoms with E-state index in [0.29, 0.717) is 5.52 Å². The molecule has 1 aromatic carbocycles. The quantitative estimate of drug-likeness (QED) is 0.827. The molecule has 0 fully saturated rings. The lowest BCUT2D eigenvalue weighted by Crippen LogP contribution is -2.34. The van der Waals surface area contributed by atoms with Gasteiger partial charge in [0.2, 0.25) is 0 Å². The summed E-state index contributed by atoms with van der Waals surface area (Å²) < 4.78 is 1.70. The lowest BCUT2D eigenvalue weighted by Gasteiger charge is -2.26. The Balaban J connectivity index is 2.19. The predicted octanol–water partition coefficient (Wildman–Crippen LogP) is 1.65. The van der Waals surface area contributed by atoms with Crippen LogP contribution < -0.4 is 5.32 Å². The number of phenols is 1. The highest BCUT2D eigenvalue weighted by Crippen LogP contribution is 2.29. The number of aromatic nitrogens is 3. The molecule has 3 rings (SSSR count). The van der Waals surface area contributed by atoms with Gasteiger partial charge in [-0.25, -0.2) is 9.67 Å². The molecule has 2 N–H and O–H groups in total. The first-order valence-electron chi connectivity index (χ1n) is 5.76. The van der Waals surface area contributed by atoms with Crippen molar-refractivity contribution in [2.75, 3.05) is 6.26 Å². The molecule has 0 spiro atoms. The molecule has 0 bridgehead atoms. The fourth-order valence-electron chi connectivity index (χ4n) is 2.03. The first-order chi connectivity index (χ1) is 9.14. The number of nitrogens with zero attached hydrogens (tertiary/aromatic N) is 4. The highest BCUT2D eigenvalue weighted by Gasteiger charge is 2.29. The molecule has 0 saturated heterocycles. The fraction of sp³-hybridized carbons (Fsp3) is 0.250. The van der Waals surface area contributed by atoms with E-state index in [1.807, 2.05) is 31.5 Å². The number of aliphatic imine (C=N–C) groups is 1. The van der Waals surface area contributed by atoms with Crippen LogP contribution in [0.4, 0.5) is 0 Å². The van der Waals surface area contributed by atoms with Crippen molar-refractivity contribution in [3.05, 3.63) is 30.5 Å². The molecule has 2 aromatic rings. The zero-order chi connectivity index (χ0) is 13.5. The van der Waals surface area contributed by atoms with Gasteiger partial charge in [-0.2, -0.15) is 0 Å². The predicted molar refractivity (Wildman–Crippen MR) is 76.1 cm³/mol. The second-order valence-electron chi connectivity index (χ2n) is 4.34. The topological polar surface area (TPSA) is 75.3 Å². The van der Waals surface area contributed by atoms with Crippen LogP contribution in [0.1, 0.15) is 6.92 Å². The largest absolute Gasteiger partial charge is 0.506 e. The van der Waals surface area contributed by atoms with Gasteiger partial charge >= 0.3 is 0 Å².